The van der Waals surface area contributed by atoms with Gasteiger partial charge in [0.1, 0.15) is 0 Å². The second kappa shape index (κ2) is 8.66. The highest BCUT2D eigenvalue weighted by Gasteiger charge is 2.35. The van der Waals surface area contributed by atoms with E-state index in [1.165, 1.54) is 0 Å². The normalized spacial score (nSPS) is 16.2. The maximum atomic E-state index is 12.5. The highest BCUT2D eigenvalue weighted by Crippen LogP contribution is 2.23. The second-order valence-corrected chi connectivity index (χ2v) is 7.93. The number of amides is 3. The van der Waals surface area contributed by atoms with Crippen LogP contribution in [0.3, 0.4) is 0 Å². The van der Waals surface area contributed by atoms with Crippen molar-refractivity contribution in [3.8, 4) is 0 Å². The molecule has 0 spiro atoms. The van der Waals surface area contributed by atoms with Gasteiger partial charge in [0.05, 0.1) is 5.92 Å². The van der Waals surface area contributed by atoms with Crippen LogP contribution < -0.4 is 10.6 Å². The Labute approximate surface area is 175 Å². The van der Waals surface area contributed by atoms with E-state index < -0.39 is 0 Å². The molecule has 3 rings (SSSR count). The molecule has 0 saturated carbocycles. The summed E-state index contributed by atoms with van der Waals surface area (Å²) in [6, 6.07) is 12.0. The Bertz CT molecular complexity index is 941. The van der Waals surface area contributed by atoms with E-state index in [1.807, 2.05) is 26.8 Å². The maximum Gasteiger partial charge on any atom is 0.255 e. The Hall–Kier alpha value is -2.86. The van der Waals surface area contributed by atoms with E-state index in [2.05, 4.69) is 10.6 Å². The first-order valence-corrected chi connectivity index (χ1v) is 9.90. The number of likely N-dealkylation sites (tertiary alicyclic amines) is 1. The summed E-state index contributed by atoms with van der Waals surface area (Å²) >= 11 is 6.09. The maximum absolute atomic E-state index is 12.5. The summed E-state index contributed by atoms with van der Waals surface area (Å²) in [6.07, 6.45) is 0.226. The third-order valence-corrected chi connectivity index (χ3v) is 5.40. The molecule has 29 heavy (non-hydrogen) atoms. The van der Waals surface area contributed by atoms with Gasteiger partial charge in [-0.1, -0.05) is 17.7 Å². The van der Waals surface area contributed by atoms with E-state index in [9.17, 15) is 14.4 Å². The Morgan fingerprint density at radius 1 is 1.07 bits per heavy atom. The number of rotatable bonds is 5. The van der Waals surface area contributed by atoms with Gasteiger partial charge in [-0.05, 0) is 62.7 Å². The summed E-state index contributed by atoms with van der Waals surface area (Å²) in [7, 11) is 0. The first-order chi connectivity index (χ1) is 13.7. The smallest absolute Gasteiger partial charge is 0.255 e. The van der Waals surface area contributed by atoms with Crippen LogP contribution in [-0.4, -0.2) is 35.2 Å². The van der Waals surface area contributed by atoms with E-state index >= 15 is 0 Å². The number of anilines is 2. The zero-order valence-electron chi connectivity index (χ0n) is 16.7. The first kappa shape index (κ1) is 20.9. The fourth-order valence-corrected chi connectivity index (χ4v) is 3.41. The molecule has 0 radical (unpaired) electrons. The van der Waals surface area contributed by atoms with Gasteiger partial charge in [-0.15, -0.1) is 0 Å². The average Bonchev–Trinajstić information content (AvgIpc) is 3.07. The van der Waals surface area contributed by atoms with Crippen molar-refractivity contribution in [2.75, 3.05) is 17.2 Å². The largest absolute Gasteiger partial charge is 0.339 e. The zero-order chi connectivity index (χ0) is 21.1. The van der Waals surface area contributed by atoms with Gasteiger partial charge in [-0.2, -0.15) is 0 Å². The van der Waals surface area contributed by atoms with Crippen molar-refractivity contribution in [3.05, 3.63) is 58.6 Å². The van der Waals surface area contributed by atoms with Crippen molar-refractivity contribution in [1.29, 1.82) is 0 Å². The van der Waals surface area contributed by atoms with Crippen LogP contribution in [0.25, 0.3) is 0 Å². The molecule has 152 valence electrons. The molecule has 1 saturated heterocycles. The molecule has 6 nitrogen and oxygen atoms in total. The van der Waals surface area contributed by atoms with Crippen molar-refractivity contribution in [2.45, 2.75) is 33.2 Å². The third-order valence-electron chi connectivity index (χ3n) is 5.00. The molecule has 1 fully saturated rings. The third kappa shape index (κ3) is 4.95. The fourth-order valence-electron chi connectivity index (χ4n) is 3.23. The molecule has 1 aliphatic rings. The number of carbonyl (C=O) groups is 3. The first-order valence-electron chi connectivity index (χ1n) is 9.52. The lowest BCUT2D eigenvalue weighted by atomic mass is 10.1. The summed E-state index contributed by atoms with van der Waals surface area (Å²) in [6.45, 7) is 6.20. The Morgan fingerprint density at radius 3 is 2.31 bits per heavy atom. The molecular formula is C22H24ClN3O3. The van der Waals surface area contributed by atoms with Crippen LogP contribution in [0.1, 0.15) is 36.2 Å². The fraction of sp³-hybridized carbons (Fsp3) is 0.318. The van der Waals surface area contributed by atoms with Crippen LogP contribution in [-0.2, 0) is 9.59 Å². The summed E-state index contributed by atoms with van der Waals surface area (Å²) in [4.78, 5) is 38.6. The lowest BCUT2D eigenvalue weighted by Gasteiger charge is -2.20. The van der Waals surface area contributed by atoms with Crippen molar-refractivity contribution in [1.82, 2.24) is 4.90 Å². The van der Waals surface area contributed by atoms with Gasteiger partial charge < -0.3 is 15.5 Å². The average molecular weight is 414 g/mol. The predicted octanol–water partition coefficient (Wildman–Crippen LogP) is 4.10. The number of aryl methyl sites for hydroxylation is 1. The van der Waals surface area contributed by atoms with Crippen LogP contribution >= 0.6 is 11.6 Å². The van der Waals surface area contributed by atoms with Gasteiger partial charge in [0.2, 0.25) is 11.8 Å². The second-order valence-electron chi connectivity index (χ2n) is 7.53. The number of nitrogens with zero attached hydrogens (tertiary/aromatic N) is 1. The van der Waals surface area contributed by atoms with Gasteiger partial charge in [-0.25, -0.2) is 0 Å². The molecular weight excluding hydrogens is 390 g/mol. The van der Waals surface area contributed by atoms with Crippen LogP contribution in [0.15, 0.2) is 42.5 Å². The molecule has 1 aliphatic heterocycles. The minimum absolute atomic E-state index is 0.00313. The lowest BCUT2D eigenvalue weighted by molar-refractivity contribution is -0.129. The molecule has 1 heterocycles. The number of nitrogens with one attached hydrogen (secondary N) is 2. The molecule has 1 atom stereocenters. The van der Waals surface area contributed by atoms with Gasteiger partial charge >= 0.3 is 0 Å². The van der Waals surface area contributed by atoms with Crippen molar-refractivity contribution >= 4 is 40.7 Å². The molecule has 0 bridgehead atoms. The lowest BCUT2D eigenvalue weighted by Crippen LogP contribution is -2.33. The van der Waals surface area contributed by atoms with E-state index in [0.29, 0.717) is 28.5 Å². The van der Waals surface area contributed by atoms with Crippen molar-refractivity contribution in [3.63, 3.8) is 0 Å². The van der Waals surface area contributed by atoms with E-state index in [1.54, 1.807) is 41.3 Å². The molecule has 1 unspecified atom stereocenters. The minimum atomic E-state index is -0.362. The number of hydrogen-bond acceptors (Lipinski definition) is 3. The molecule has 2 N–H and O–H groups in total. The molecule has 3 amide bonds. The zero-order valence-corrected chi connectivity index (χ0v) is 17.4. The number of benzene rings is 2. The Balaban J connectivity index is 1.59. The number of halogens is 1. The highest BCUT2D eigenvalue weighted by atomic mass is 35.5. The molecule has 7 heteroatoms. The van der Waals surface area contributed by atoms with Crippen LogP contribution in [0.2, 0.25) is 5.02 Å². The van der Waals surface area contributed by atoms with Gasteiger partial charge in [0, 0.05) is 41.0 Å². The Morgan fingerprint density at radius 2 is 1.72 bits per heavy atom. The topological polar surface area (TPSA) is 78.5 Å². The van der Waals surface area contributed by atoms with Gasteiger partial charge in [0.25, 0.3) is 5.91 Å². The Kier molecular flexibility index (Phi) is 6.23. The SMILES string of the molecule is Cc1ccc(NC(=O)c2ccc(NC(=O)C3CC(=O)N(C(C)C)C3)cc2)cc1Cl. The number of carbonyl (C=O) groups excluding carboxylic acids is 3. The summed E-state index contributed by atoms with van der Waals surface area (Å²) in [5.74, 6) is -0.813. The number of hydrogen-bond donors (Lipinski definition) is 2. The highest BCUT2D eigenvalue weighted by molar-refractivity contribution is 6.31. The minimum Gasteiger partial charge on any atom is -0.339 e. The van der Waals surface area contributed by atoms with Crippen LogP contribution in [0.4, 0.5) is 11.4 Å². The quantitative estimate of drug-likeness (QED) is 0.774. The summed E-state index contributed by atoms with van der Waals surface area (Å²) in [5, 5.41) is 6.21. The van der Waals surface area contributed by atoms with Gasteiger partial charge in [-0.3, -0.25) is 14.4 Å². The van der Waals surface area contributed by atoms with Crippen molar-refractivity contribution < 1.29 is 14.4 Å². The molecule has 0 aliphatic carbocycles. The van der Waals surface area contributed by atoms with E-state index in [0.717, 1.165) is 5.56 Å². The van der Waals surface area contributed by atoms with Crippen LogP contribution in [0.5, 0.6) is 0 Å². The van der Waals surface area contributed by atoms with E-state index in [4.69, 9.17) is 11.6 Å². The summed E-state index contributed by atoms with van der Waals surface area (Å²) in [5.41, 5.74) is 2.59. The standard InChI is InChI=1S/C22H24ClN3O3/c1-13(2)26-12-16(10-20(26)27)22(29)24-17-8-5-15(6-9-17)21(28)25-18-7-4-14(3)19(23)11-18/h4-9,11,13,16H,10,12H2,1-3H3,(H,24,29)(H,25,28). The summed E-state index contributed by atoms with van der Waals surface area (Å²) < 4.78 is 0. The monoisotopic (exact) mass is 413 g/mol. The van der Waals surface area contributed by atoms with E-state index in [-0.39, 0.29) is 36.1 Å². The van der Waals surface area contributed by atoms with Crippen molar-refractivity contribution in [2.24, 2.45) is 5.92 Å². The molecule has 2 aromatic carbocycles. The van der Waals surface area contributed by atoms with Crippen LogP contribution in [0, 0.1) is 12.8 Å². The van der Waals surface area contributed by atoms with Gasteiger partial charge in [0.15, 0.2) is 0 Å². The molecule has 2 aromatic rings. The predicted molar refractivity (Wildman–Crippen MR) is 114 cm³/mol. The molecule has 0 aromatic heterocycles.